The Balaban J connectivity index is 2.59. The van der Waals surface area contributed by atoms with Gasteiger partial charge in [-0.15, -0.1) is 0 Å². The molecule has 1 amide bonds. The van der Waals surface area contributed by atoms with Crippen molar-refractivity contribution in [1.29, 1.82) is 0 Å². The van der Waals surface area contributed by atoms with Crippen molar-refractivity contribution >= 4 is 6.09 Å². The minimum Gasteiger partial charge on any atom is -0.445 e. The number of primary amides is 1. The summed E-state index contributed by atoms with van der Waals surface area (Å²) in [5.41, 5.74) is 6.48. The summed E-state index contributed by atoms with van der Waals surface area (Å²) in [6.45, 7) is 1.85. The zero-order valence-electron chi connectivity index (χ0n) is 7.93. The van der Waals surface area contributed by atoms with Gasteiger partial charge in [-0.3, -0.25) is 0 Å². The van der Waals surface area contributed by atoms with E-state index in [0.717, 1.165) is 11.1 Å². The maximum atomic E-state index is 10.3. The minimum absolute atomic E-state index is 0.162. The van der Waals surface area contributed by atoms with E-state index >= 15 is 0 Å². The topological polar surface area (TPSA) is 72.6 Å². The lowest BCUT2D eigenvalue weighted by Crippen LogP contribution is -2.12. The van der Waals surface area contributed by atoms with Gasteiger partial charge in [0.05, 0.1) is 6.10 Å². The van der Waals surface area contributed by atoms with E-state index in [1.54, 1.807) is 31.2 Å². The highest BCUT2D eigenvalue weighted by Gasteiger charge is 2.01. The van der Waals surface area contributed by atoms with Gasteiger partial charge in [0.15, 0.2) is 0 Å². The Morgan fingerprint density at radius 3 is 2.50 bits per heavy atom. The molecule has 0 aliphatic carbocycles. The Hall–Kier alpha value is -1.55. The van der Waals surface area contributed by atoms with Crippen LogP contribution in [0.15, 0.2) is 24.3 Å². The molecule has 0 bridgehead atoms. The summed E-state index contributed by atoms with van der Waals surface area (Å²) in [5.74, 6) is 0. The van der Waals surface area contributed by atoms with Crippen molar-refractivity contribution in [3.05, 3.63) is 35.4 Å². The Bertz CT molecular complexity index is 306. The fourth-order valence-corrected chi connectivity index (χ4v) is 1.05. The van der Waals surface area contributed by atoms with Crippen LogP contribution < -0.4 is 5.73 Å². The molecule has 14 heavy (non-hydrogen) atoms. The van der Waals surface area contributed by atoms with Gasteiger partial charge in [-0.05, 0) is 18.1 Å². The van der Waals surface area contributed by atoms with Gasteiger partial charge in [0, 0.05) is 0 Å². The van der Waals surface area contributed by atoms with Crippen molar-refractivity contribution in [2.45, 2.75) is 19.6 Å². The number of ether oxygens (including phenoxy) is 1. The zero-order chi connectivity index (χ0) is 10.6. The second-order valence-electron chi connectivity index (χ2n) is 3.03. The van der Waals surface area contributed by atoms with E-state index in [4.69, 9.17) is 5.73 Å². The van der Waals surface area contributed by atoms with Crippen LogP contribution in [0.3, 0.4) is 0 Å². The summed E-state index contributed by atoms with van der Waals surface area (Å²) in [4.78, 5) is 10.3. The Labute approximate surface area is 82.3 Å². The lowest BCUT2D eigenvalue weighted by atomic mass is 10.1. The van der Waals surface area contributed by atoms with E-state index in [1.807, 2.05) is 0 Å². The number of carbonyl (C=O) groups excluding carboxylic acids is 1. The highest BCUT2D eigenvalue weighted by Crippen LogP contribution is 2.12. The van der Waals surface area contributed by atoms with Crippen LogP contribution in [0.1, 0.15) is 24.2 Å². The molecule has 0 saturated heterocycles. The first kappa shape index (κ1) is 10.5. The molecule has 1 unspecified atom stereocenters. The SMILES string of the molecule is CC(O)c1ccc(COC(N)=O)cc1. The molecule has 0 fully saturated rings. The minimum atomic E-state index is -0.787. The average molecular weight is 195 g/mol. The predicted molar refractivity (Wildman–Crippen MR) is 51.4 cm³/mol. The normalized spacial score (nSPS) is 12.1. The number of rotatable bonds is 3. The third-order valence-electron chi connectivity index (χ3n) is 1.84. The number of aliphatic hydroxyl groups is 1. The summed E-state index contributed by atoms with van der Waals surface area (Å²) in [5, 5.41) is 9.23. The summed E-state index contributed by atoms with van der Waals surface area (Å²) in [7, 11) is 0. The molecule has 0 heterocycles. The largest absolute Gasteiger partial charge is 0.445 e. The van der Waals surface area contributed by atoms with Crippen molar-refractivity contribution in [2.24, 2.45) is 5.73 Å². The Morgan fingerprint density at radius 2 is 2.07 bits per heavy atom. The zero-order valence-corrected chi connectivity index (χ0v) is 7.93. The van der Waals surface area contributed by atoms with Crippen LogP contribution in [0.5, 0.6) is 0 Å². The fourth-order valence-electron chi connectivity index (χ4n) is 1.05. The molecule has 0 radical (unpaired) electrons. The number of aliphatic hydroxyl groups excluding tert-OH is 1. The van der Waals surface area contributed by atoms with Crippen LogP contribution in [0.2, 0.25) is 0 Å². The van der Waals surface area contributed by atoms with E-state index in [1.165, 1.54) is 0 Å². The molecule has 1 aromatic rings. The molecule has 1 aromatic carbocycles. The quantitative estimate of drug-likeness (QED) is 0.764. The second kappa shape index (κ2) is 4.62. The van der Waals surface area contributed by atoms with Crippen LogP contribution in [-0.4, -0.2) is 11.2 Å². The van der Waals surface area contributed by atoms with Crippen LogP contribution in [0.4, 0.5) is 4.79 Å². The molecule has 0 aliphatic rings. The predicted octanol–water partition coefficient (Wildman–Crippen LogP) is 1.34. The van der Waals surface area contributed by atoms with E-state index in [9.17, 15) is 9.90 Å². The molecule has 76 valence electrons. The first-order valence-corrected chi connectivity index (χ1v) is 4.28. The fraction of sp³-hybridized carbons (Fsp3) is 0.300. The van der Waals surface area contributed by atoms with Crippen molar-refractivity contribution in [1.82, 2.24) is 0 Å². The molecule has 0 aromatic heterocycles. The monoisotopic (exact) mass is 195 g/mol. The summed E-state index contributed by atoms with van der Waals surface area (Å²) in [6, 6.07) is 7.13. The third-order valence-corrected chi connectivity index (χ3v) is 1.84. The summed E-state index contributed by atoms with van der Waals surface area (Å²) < 4.78 is 4.60. The Kier molecular flexibility index (Phi) is 3.48. The Morgan fingerprint density at radius 1 is 1.50 bits per heavy atom. The first-order chi connectivity index (χ1) is 6.59. The molecule has 0 spiro atoms. The van der Waals surface area contributed by atoms with Crippen LogP contribution >= 0.6 is 0 Å². The standard InChI is InChI=1S/C10H13NO3/c1-7(12)9-4-2-8(3-5-9)6-14-10(11)13/h2-5,7,12H,6H2,1H3,(H2,11,13). The second-order valence-corrected chi connectivity index (χ2v) is 3.03. The van der Waals surface area contributed by atoms with E-state index in [-0.39, 0.29) is 6.61 Å². The molecule has 0 aliphatic heterocycles. The molecule has 1 rings (SSSR count). The molecule has 0 saturated carbocycles. The number of amides is 1. The maximum absolute atomic E-state index is 10.3. The van der Waals surface area contributed by atoms with Crippen molar-refractivity contribution < 1.29 is 14.6 Å². The summed E-state index contributed by atoms with van der Waals surface area (Å²) in [6.07, 6.45) is -1.27. The number of hydrogen-bond donors (Lipinski definition) is 2. The lowest BCUT2D eigenvalue weighted by Gasteiger charge is -2.06. The van der Waals surface area contributed by atoms with Gasteiger partial charge in [0.1, 0.15) is 6.61 Å². The van der Waals surface area contributed by atoms with Gasteiger partial charge in [0.25, 0.3) is 0 Å². The van der Waals surface area contributed by atoms with Gasteiger partial charge in [0.2, 0.25) is 0 Å². The average Bonchev–Trinajstić information content (AvgIpc) is 2.15. The van der Waals surface area contributed by atoms with Gasteiger partial charge < -0.3 is 15.6 Å². The van der Waals surface area contributed by atoms with Crippen molar-refractivity contribution in [3.8, 4) is 0 Å². The number of nitrogens with two attached hydrogens (primary N) is 1. The number of hydrogen-bond acceptors (Lipinski definition) is 3. The van der Waals surface area contributed by atoms with Gasteiger partial charge >= 0.3 is 6.09 Å². The molecule has 4 heteroatoms. The van der Waals surface area contributed by atoms with Crippen molar-refractivity contribution in [3.63, 3.8) is 0 Å². The highest BCUT2D eigenvalue weighted by molar-refractivity contribution is 5.64. The molecular weight excluding hydrogens is 182 g/mol. The van der Waals surface area contributed by atoms with Gasteiger partial charge in [-0.25, -0.2) is 4.79 Å². The van der Waals surface area contributed by atoms with Gasteiger partial charge in [-0.2, -0.15) is 0 Å². The molecule has 4 nitrogen and oxygen atoms in total. The smallest absolute Gasteiger partial charge is 0.404 e. The van der Waals surface area contributed by atoms with Crippen LogP contribution in [0, 0.1) is 0 Å². The van der Waals surface area contributed by atoms with E-state index in [2.05, 4.69) is 4.74 Å². The third kappa shape index (κ3) is 3.06. The maximum Gasteiger partial charge on any atom is 0.404 e. The van der Waals surface area contributed by atoms with E-state index in [0.29, 0.717) is 0 Å². The summed E-state index contributed by atoms with van der Waals surface area (Å²) >= 11 is 0. The highest BCUT2D eigenvalue weighted by atomic mass is 16.5. The van der Waals surface area contributed by atoms with Crippen molar-refractivity contribution in [2.75, 3.05) is 0 Å². The lowest BCUT2D eigenvalue weighted by molar-refractivity contribution is 0.150. The number of benzene rings is 1. The molecular formula is C10H13NO3. The van der Waals surface area contributed by atoms with Gasteiger partial charge in [-0.1, -0.05) is 24.3 Å². The van der Waals surface area contributed by atoms with Crippen LogP contribution in [-0.2, 0) is 11.3 Å². The van der Waals surface area contributed by atoms with Crippen LogP contribution in [0.25, 0.3) is 0 Å². The van der Waals surface area contributed by atoms with E-state index < -0.39 is 12.2 Å². The molecule has 3 N–H and O–H groups in total. The first-order valence-electron chi connectivity index (χ1n) is 4.28. The number of carbonyl (C=O) groups is 1. The molecule has 1 atom stereocenters.